The first-order valence-electron chi connectivity index (χ1n) is 12.3. The minimum atomic E-state index is -0.400. The number of urea groups is 1. The van der Waals surface area contributed by atoms with E-state index in [4.69, 9.17) is 9.47 Å². The van der Waals surface area contributed by atoms with Crippen LogP contribution in [0.5, 0.6) is 5.88 Å². The van der Waals surface area contributed by atoms with Crippen LogP contribution >= 0.6 is 0 Å². The summed E-state index contributed by atoms with van der Waals surface area (Å²) in [6.45, 7) is 6.73. The van der Waals surface area contributed by atoms with Gasteiger partial charge in [-0.1, -0.05) is 32.6 Å². The van der Waals surface area contributed by atoms with Crippen LogP contribution in [0.15, 0.2) is 24.4 Å². The van der Waals surface area contributed by atoms with Crippen LogP contribution in [-0.4, -0.2) is 66.3 Å². The number of esters is 1. The Bertz CT molecular complexity index is 954. The number of likely N-dealkylation sites (tertiary alicyclic amines) is 1. The first-order valence-corrected chi connectivity index (χ1v) is 12.3. The Morgan fingerprint density at radius 3 is 2.74 bits per heavy atom. The zero-order chi connectivity index (χ0) is 24.3. The van der Waals surface area contributed by atoms with E-state index < -0.39 is 5.92 Å². The number of aromatic nitrogens is 2. The molecule has 0 radical (unpaired) electrons. The molecule has 2 aromatic rings. The van der Waals surface area contributed by atoms with Crippen LogP contribution in [0, 0.1) is 5.92 Å². The fraction of sp³-hybridized carbons (Fsp3) is 0.600. The molecule has 0 spiro atoms. The highest BCUT2D eigenvalue weighted by molar-refractivity contribution is 5.98. The monoisotopic (exact) mass is 471 g/mol. The Kier molecular flexibility index (Phi) is 9.88. The molecule has 0 aliphatic carbocycles. The van der Waals surface area contributed by atoms with E-state index in [9.17, 15) is 9.59 Å². The average Bonchev–Trinajstić information content (AvgIpc) is 2.84. The first-order chi connectivity index (χ1) is 16.5. The summed E-state index contributed by atoms with van der Waals surface area (Å²) in [5.41, 5.74) is 1.71. The molecule has 0 unspecified atom stereocenters. The van der Waals surface area contributed by atoms with Crippen molar-refractivity contribution in [2.24, 2.45) is 5.92 Å². The molecular formula is C25H37N5O4. The zero-order valence-corrected chi connectivity index (χ0v) is 20.5. The van der Waals surface area contributed by atoms with Gasteiger partial charge in [0.1, 0.15) is 5.52 Å². The number of carbonyl (C=O) groups is 2. The number of piperidine rings is 1. The lowest BCUT2D eigenvalue weighted by molar-refractivity contribution is -0.150. The molecule has 1 aliphatic rings. The van der Waals surface area contributed by atoms with Crippen LogP contribution in [0.4, 0.5) is 10.5 Å². The molecule has 2 atom stereocenters. The number of nitrogens with one attached hydrogen (secondary N) is 2. The van der Waals surface area contributed by atoms with Gasteiger partial charge in [0.2, 0.25) is 5.88 Å². The molecular weight excluding hydrogens is 434 g/mol. The Morgan fingerprint density at radius 2 is 1.97 bits per heavy atom. The maximum atomic E-state index is 12.9. The maximum absolute atomic E-state index is 12.9. The van der Waals surface area contributed by atoms with Gasteiger partial charge in [-0.3, -0.25) is 9.78 Å². The number of methoxy groups -OCH3 is 1. The summed E-state index contributed by atoms with van der Waals surface area (Å²) in [6.07, 6.45) is 8.38. The molecule has 1 aliphatic heterocycles. The van der Waals surface area contributed by atoms with Crippen LogP contribution < -0.4 is 15.4 Å². The summed E-state index contributed by atoms with van der Waals surface area (Å²) in [5.74, 6) is -0.222. The fourth-order valence-corrected chi connectivity index (χ4v) is 4.37. The van der Waals surface area contributed by atoms with Crippen molar-refractivity contribution in [3.63, 3.8) is 0 Å². The number of unbranched alkanes of at least 4 members (excludes halogenated alkanes) is 4. The molecule has 9 heteroatoms. The number of hydrogen-bond donors (Lipinski definition) is 2. The van der Waals surface area contributed by atoms with Gasteiger partial charge in [0, 0.05) is 31.4 Å². The Balaban J connectivity index is 1.63. The van der Waals surface area contributed by atoms with Crippen molar-refractivity contribution in [3.8, 4) is 5.88 Å². The average molecular weight is 472 g/mol. The number of fused-ring (bicyclic) bond motifs is 1. The standard InChI is InChI=1S/C25H37N5O4/c1-4-6-7-8-9-15-30-16-13-19(18(17-30)24(31)34-5-2)27-25(32)28-21-12-14-26-20-10-11-22(33-3)29-23(20)21/h10-12,14,18-19H,4-9,13,15-17H2,1-3H3,(H2,26,27,28,32)/t18-,19+/m1/s1. The van der Waals surface area contributed by atoms with Gasteiger partial charge in [-0.05, 0) is 38.4 Å². The number of nitrogens with zero attached hydrogens (tertiary/aromatic N) is 3. The van der Waals surface area contributed by atoms with Crippen molar-refractivity contribution < 1.29 is 19.1 Å². The van der Waals surface area contributed by atoms with E-state index in [0.29, 0.717) is 42.2 Å². The third-order valence-corrected chi connectivity index (χ3v) is 6.20. The number of pyridine rings is 2. The summed E-state index contributed by atoms with van der Waals surface area (Å²) in [6, 6.07) is 4.52. The fourth-order valence-electron chi connectivity index (χ4n) is 4.37. The van der Waals surface area contributed by atoms with Crippen molar-refractivity contribution >= 4 is 28.7 Å². The Hall–Kier alpha value is -2.94. The van der Waals surface area contributed by atoms with Gasteiger partial charge in [-0.15, -0.1) is 0 Å². The molecule has 0 saturated carbocycles. The summed E-state index contributed by atoms with van der Waals surface area (Å²) in [7, 11) is 1.54. The molecule has 9 nitrogen and oxygen atoms in total. The lowest BCUT2D eigenvalue weighted by atomic mass is 9.92. The van der Waals surface area contributed by atoms with E-state index >= 15 is 0 Å². The van der Waals surface area contributed by atoms with E-state index in [-0.39, 0.29) is 18.0 Å². The molecule has 2 aromatic heterocycles. The molecule has 3 heterocycles. The molecule has 3 rings (SSSR count). The summed E-state index contributed by atoms with van der Waals surface area (Å²) in [5, 5.41) is 5.86. The van der Waals surface area contributed by atoms with Crippen molar-refractivity contribution in [2.45, 2.75) is 58.4 Å². The van der Waals surface area contributed by atoms with Crippen molar-refractivity contribution in [1.82, 2.24) is 20.2 Å². The van der Waals surface area contributed by atoms with Gasteiger partial charge in [-0.25, -0.2) is 9.78 Å². The second-order valence-electron chi connectivity index (χ2n) is 8.65. The van der Waals surface area contributed by atoms with E-state index in [1.165, 1.54) is 32.8 Å². The van der Waals surface area contributed by atoms with Crippen molar-refractivity contribution in [1.29, 1.82) is 0 Å². The number of ether oxygens (including phenoxy) is 2. The van der Waals surface area contributed by atoms with Gasteiger partial charge < -0.3 is 25.0 Å². The number of anilines is 1. The topological polar surface area (TPSA) is 106 Å². The maximum Gasteiger partial charge on any atom is 0.319 e. The molecule has 34 heavy (non-hydrogen) atoms. The first kappa shape index (κ1) is 25.7. The number of rotatable bonds is 11. The SMILES string of the molecule is CCCCCCCN1CC[C@H](NC(=O)Nc2ccnc3ccc(OC)nc23)[C@H](C(=O)OCC)C1. The van der Waals surface area contributed by atoms with Crippen LogP contribution in [0.3, 0.4) is 0 Å². The minimum absolute atomic E-state index is 0.260. The van der Waals surface area contributed by atoms with Gasteiger partial charge in [-0.2, -0.15) is 0 Å². The predicted octanol–water partition coefficient (Wildman–Crippen LogP) is 3.98. The van der Waals surface area contributed by atoms with Gasteiger partial charge in [0.25, 0.3) is 0 Å². The largest absolute Gasteiger partial charge is 0.481 e. The second-order valence-corrected chi connectivity index (χ2v) is 8.65. The molecule has 2 amide bonds. The summed E-state index contributed by atoms with van der Waals surface area (Å²) < 4.78 is 10.5. The third-order valence-electron chi connectivity index (χ3n) is 6.20. The number of hydrogen-bond acceptors (Lipinski definition) is 7. The number of amides is 2. The molecule has 0 aromatic carbocycles. The van der Waals surface area contributed by atoms with Gasteiger partial charge >= 0.3 is 12.0 Å². The van der Waals surface area contributed by atoms with Crippen LogP contribution in [0.25, 0.3) is 11.0 Å². The molecule has 186 valence electrons. The highest BCUT2D eigenvalue weighted by Crippen LogP contribution is 2.23. The van der Waals surface area contributed by atoms with Crippen LogP contribution in [0.2, 0.25) is 0 Å². The van der Waals surface area contributed by atoms with Crippen LogP contribution in [0.1, 0.15) is 52.4 Å². The highest BCUT2D eigenvalue weighted by atomic mass is 16.5. The highest BCUT2D eigenvalue weighted by Gasteiger charge is 2.36. The van der Waals surface area contributed by atoms with Crippen molar-refractivity contribution in [2.75, 3.05) is 38.7 Å². The van der Waals surface area contributed by atoms with Gasteiger partial charge in [0.15, 0.2) is 0 Å². The molecule has 1 saturated heterocycles. The third kappa shape index (κ3) is 7.03. The number of carbonyl (C=O) groups excluding carboxylic acids is 2. The normalized spacial score (nSPS) is 18.4. The predicted molar refractivity (Wildman–Crippen MR) is 132 cm³/mol. The second kappa shape index (κ2) is 13.1. The smallest absolute Gasteiger partial charge is 0.319 e. The molecule has 1 fully saturated rings. The lowest BCUT2D eigenvalue weighted by Gasteiger charge is -2.37. The zero-order valence-electron chi connectivity index (χ0n) is 20.5. The quantitative estimate of drug-likeness (QED) is 0.377. The Labute approximate surface area is 201 Å². The van der Waals surface area contributed by atoms with E-state index in [2.05, 4.69) is 32.4 Å². The summed E-state index contributed by atoms with van der Waals surface area (Å²) in [4.78, 5) is 36.6. The van der Waals surface area contributed by atoms with Crippen LogP contribution in [-0.2, 0) is 9.53 Å². The van der Waals surface area contributed by atoms with E-state index in [1.807, 2.05) is 0 Å². The Morgan fingerprint density at radius 1 is 1.15 bits per heavy atom. The molecule has 2 N–H and O–H groups in total. The lowest BCUT2D eigenvalue weighted by Crippen LogP contribution is -2.54. The summed E-state index contributed by atoms with van der Waals surface area (Å²) >= 11 is 0. The van der Waals surface area contributed by atoms with E-state index in [0.717, 1.165) is 19.5 Å². The molecule has 0 bridgehead atoms. The van der Waals surface area contributed by atoms with Crippen molar-refractivity contribution in [3.05, 3.63) is 24.4 Å². The van der Waals surface area contributed by atoms with E-state index in [1.54, 1.807) is 31.3 Å². The van der Waals surface area contributed by atoms with Gasteiger partial charge in [0.05, 0.1) is 30.8 Å². The minimum Gasteiger partial charge on any atom is -0.481 e.